The molecule has 0 fully saturated rings. The summed E-state index contributed by atoms with van der Waals surface area (Å²) in [5.74, 6) is -20.6. The molecule has 0 saturated heterocycles. The molecule has 0 aliphatic heterocycles. The number of rotatable bonds is 11. The summed E-state index contributed by atoms with van der Waals surface area (Å²) in [4.78, 5) is 0. The van der Waals surface area contributed by atoms with Gasteiger partial charge in [0.2, 0.25) is 0 Å². The molecule has 0 aromatic heterocycles. The minimum atomic E-state index is -7.47. The van der Waals surface area contributed by atoms with Gasteiger partial charge in [-0.2, -0.15) is 48.3 Å². The molecule has 0 aromatic rings. The van der Waals surface area contributed by atoms with Crippen LogP contribution < -0.4 is 0 Å². The lowest BCUT2D eigenvalue weighted by molar-refractivity contribution is -0.921. The third-order valence-corrected chi connectivity index (χ3v) is 6.05. The molecule has 0 radical (unpaired) electrons. The Morgan fingerprint density at radius 1 is 0.656 bits per heavy atom. The standard InChI is InChI=1S/C8H7F11O3S.C8H20N/c9-4(10,2-1-3-5(11,12)13)6(14,15)7(16,17)8(18,19)23(20,21)22;1-5-9(6-2,7-3)8-4/h1-3H2,(H,20,21,22);5-8H2,1-4H3/q;+1/p-1. The molecular weight excluding hydrogens is 495 g/mol. The fourth-order valence-electron chi connectivity index (χ4n) is 2.58. The van der Waals surface area contributed by atoms with E-state index in [1.54, 1.807) is 0 Å². The van der Waals surface area contributed by atoms with Crippen molar-refractivity contribution in [2.45, 2.75) is 76.2 Å². The number of hydrogen-bond acceptors (Lipinski definition) is 3. The Morgan fingerprint density at radius 3 is 1.22 bits per heavy atom. The van der Waals surface area contributed by atoms with Gasteiger partial charge in [0.1, 0.15) is 0 Å². The van der Waals surface area contributed by atoms with Crippen LogP contribution in [-0.4, -0.2) is 72.8 Å². The van der Waals surface area contributed by atoms with E-state index >= 15 is 0 Å². The zero-order valence-electron chi connectivity index (χ0n) is 17.7. The summed E-state index contributed by atoms with van der Waals surface area (Å²) in [5.41, 5.74) is 0. The molecule has 0 aliphatic carbocycles. The summed E-state index contributed by atoms with van der Waals surface area (Å²) in [6.07, 6.45) is -11.7. The van der Waals surface area contributed by atoms with Crippen LogP contribution in [0.5, 0.6) is 0 Å². The number of hydrogen-bond donors (Lipinski definition) is 0. The summed E-state index contributed by atoms with van der Waals surface area (Å²) in [6, 6.07) is 0. The van der Waals surface area contributed by atoms with Crippen molar-refractivity contribution in [3.63, 3.8) is 0 Å². The molecule has 0 aromatic carbocycles. The van der Waals surface area contributed by atoms with Crippen molar-refractivity contribution in [3.8, 4) is 0 Å². The molecule has 0 aliphatic rings. The van der Waals surface area contributed by atoms with E-state index in [1.165, 1.54) is 30.7 Å². The topological polar surface area (TPSA) is 57.2 Å². The second kappa shape index (κ2) is 11.0. The molecule has 196 valence electrons. The van der Waals surface area contributed by atoms with Crippen molar-refractivity contribution >= 4 is 10.1 Å². The Balaban J connectivity index is 0. The Bertz CT molecular complexity index is 658. The zero-order chi connectivity index (χ0) is 26.4. The lowest BCUT2D eigenvalue weighted by Crippen LogP contribution is -2.64. The molecule has 0 amide bonds. The Kier molecular flexibility index (Phi) is 11.5. The van der Waals surface area contributed by atoms with Crippen LogP contribution in [0.1, 0.15) is 47.0 Å². The highest BCUT2D eigenvalue weighted by Crippen LogP contribution is 2.55. The van der Waals surface area contributed by atoms with Gasteiger partial charge in [-0.3, -0.25) is 0 Å². The van der Waals surface area contributed by atoms with Crippen molar-refractivity contribution < 1.29 is 65.7 Å². The smallest absolute Gasteiger partial charge is 0.402 e. The molecule has 0 rings (SSSR count). The first kappa shape index (κ1) is 33.3. The van der Waals surface area contributed by atoms with Gasteiger partial charge in [0.25, 0.3) is 0 Å². The minimum Gasteiger partial charge on any atom is -0.743 e. The van der Waals surface area contributed by atoms with E-state index in [-0.39, 0.29) is 0 Å². The molecule has 0 saturated carbocycles. The number of nitrogens with zero attached hydrogens (tertiary/aromatic N) is 1. The number of alkyl halides is 11. The third kappa shape index (κ3) is 7.57. The summed E-state index contributed by atoms with van der Waals surface area (Å²) in [6.45, 7) is 14.2. The molecule has 0 N–H and O–H groups in total. The van der Waals surface area contributed by atoms with Crippen LogP contribution in [-0.2, 0) is 10.1 Å². The van der Waals surface area contributed by atoms with Gasteiger partial charge in [-0.1, -0.05) is 0 Å². The predicted molar refractivity (Wildman–Crippen MR) is 91.8 cm³/mol. The minimum absolute atomic E-state index is 1.28. The quantitative estimate of drug-likeness (QED) is 0.201. The lowest BCUT2D eigenvalue weighted by Gasteiger charge is -2.37. The van der Waals surface area contributed by atoms with E-state index in [0.717, 1.165) is 0 Å². The van der Waals surface area contributed by atoms with Crippen LogP contribution in [0.3, 0.4) is 0 Å². The second-order valence-corrected chi connectivity index (χ2v) is 8.32. The summed E-state index contributed by atoms with van der Waals surface area (Å²) >= 11 is 0. The van der Waals surface area contributed by atoms with Crippen molar-refractivity contribution in [2.24, 2.45) is 0 Å². The van der Waals surface area contributed by atoms with Gasteiger partial charge in [0, 0.05) is 12.8 Å². The van der Waals surface area contributed by atoms with Crippen LogP contribution in [0.2, 0.25) is 0 Å². The highest BCUT2D eigenvalue weighted by atomic mass is 32.2. The van der Waals surface area contributed by atoms with Gasteiger partial charge < -0.3 is 9.04 Å². The first-order chi connectivity index (χ1) is 13.9. The molecule has 16 heteroatoms. The summed E-state index contributed by atoms with van der Waals surface area (Å²) in [7, 11) is -7.47. The molecule has 0 spiro atoms. The number of halogens is 11. The Labute approximate surface area is 179 Å². The van der Waals surface area contributed by atoms with Crippen LogP contribution in [0.15, 0.2) is 0 Å². The van der Waals surface area contributed by atoms with Gasteiger partial charge in [-0.05, 0) is 34.1 Å². The summed E-state index contributed by atoms with van der Waals surface area (Å²) in [5, 5.41) is -7.11. The molecule has 0 heterocycles. The molecule has 0 unspecified atom stereocenters. The first-order valence-corrected chi connectivity index (χ1v) is 10.7. The second-order valence-electron chi connectivity index (χ2n) is 6.90. The van der Waals surface area contributed by atoms with Gasteiger partial charge in [0.05, 0.1) is 26.2 Å². The van der Waals surface area contributed by atoms with Crippen LogP contribution in [0.4, 0.5) is 48.3 Å². The average molecular weight is 521 g/mol. The third-order valence-electron chi connectivity index (χ3n) is 5.17. The maximum Gasteiger partial charge on any atom is 0.402 e. The van der Waals surface area contributed by atoms with E-state index < -0.39 is 58.6 Å². The van der Waals surface area contributed by atoms with Gasteiger partial charge in [0.15, 0.2) is 10.1 Å². The summed E-state index contributed by atoms with van der Waals surface area (Å²) < 4.78 is 169. The maximum atomic E-state index is 13.0. The van der Waals surface area contributed by atoms with Crippen LogP contribution in [0, 0.1) is 0 Å². The molecule has 32 heavy (non-hydrogen) atoms. The first-order valence-electron chi connectivity index (χ1n) is 9.33. The van der Waals surface area contributed by atoms with E-state index in [9.17, 15) is 61.3 Å². The van der Waals surface area contributed by atoms with Gasteiger partial charge >= 0.3 is 29.2 Å². The zero-order valence-corrected chi connectivity index (χ0v) is 18.5. The van der Waals surface area contributed by atoms with E-state index in [2.05, 4.69) is 27.7 Å². The maximum absolute atomic E-state index is 13.0. The van der Waals surface area contributed by atoms with E-state index in [1.807, 2.05) is 0 Å². The van der Waals surface area contributed by atoms with Crippen molar-refractivity contribution in [2.75, 3.05) is 26.2 Å². The fraction of sp³-hybridized carbons (Fsp3) is 1.00. The normalized spacial score (nSPS) is 14.8. The Hall–Kier alpha value is -0.900. The highest BCUT2D eigenvalue weighted by molar-refractivity contribution is 7.86. The van der Waals surface area contributed by atoms with Crippen molar-refractivity contribution in [1.82, 2.24) is 0 Å². The Morgan fingerprint density at radius 2 is 1.00 bits per heavy atom. The molecule has 0 bridgehead atoms. The average Bonchev–Trinajstić information content (AvgIpc) is 2.62. The molecular formula is C16H26F11NO3S. The SMILES string of the molecule is CC[N+](CC)(CC)CC.O=S(=O)([O-])C(F)(F)C(F)(F)C(F)(F)C(F)(F)CCCC(F)(F)F. The largest absolute Gasteiger partial charge is 0.743 e. The van der Waals surface area contributed by atoms with Crippen molar-refractivity contribution in [1.29, 1.82) is 0 Å². The van der Waals surface area contributed by atoms with Gasteiger partial charge in [-0.25, -0.2) is 8.42 Å². The predicted octanol–water partition coefficient (Wildman–Crippen LogP) is 5.65. The van der Waals surface area contributed by atoms with Crippen LogP contribution in [0.25, 0.3) is 0 Å². The fourth-order valence-corrected chi connectivity index (χ4v) is 3.02. The van der Waals surface area contributed by atoms with E-state index in [4.69, 9.17) is 0 Å². The lowest BCUT2D eigenvalue weighted by atomic mass is 9.99. The molecule has 4 nitrogen and oxygen atoms in total. The van der Waals surface area contributed by atoms with Crippen LogP contribution >= 0.6 is 0 Å². The highest BCUT2D eigenvalue weighted by Gasteiger charge is 2.82. The monoisotopic (exact) mass is 521 g/mol. The van der Waals surface area contributed by atoms with E-state index in [0.29, 0.717) is 0 Å². The molecule has 0 atom stereocenters. The number of quaternary nitrogens is 1. The van der Waals surface area contributed by atoms with Gasteiger partial charge in [-0.15, -0.1) is 0 Å². The van der Waals surface area contributed by atoms with Crippen molar-refractivity contribution in [3.05, 3.63) is 0 Å².